The number of nitrogens with zero attached hydrogens (tertiary/aromatic N) is 1. The zero-order valence-corrected chi connectivity index (χ0v) is 11.7. The summed E-state index contributed by atoms with van der Waals surface area (Å²) in [5, 5.41) is 0. The molecule has 1 aliphatic carbocycles. The predicted octanol–water partition coefficient (Wildman–Crippen LogP) is 3.05. The number of amides is 1. The lowest BCUT2D eigenvalue weighted by Gasteiger charge is -2.28. The first-order valence-corrected chi connectivity index (χ1v) is 7.12. The first-order chi connectivity index (χ1) is 9.93. The van der Waals surface area contributed by atoms with E-state index < -0.39 is 11.7 Å². The summed E-state index contributed by atoms with van der Waals surface area (Å²) in [6.07, 6.45) is -0.360. The van der Waals surface area contributed by atoms with E-state index in [4.69, 9.17) is 5.73 Å². The van der Waals surface area contributed by atoms with E-state index >= 15 is 0 Å². The van der Waals surface area contributed by atoms with Crippen molar-refractivity contribution in [3.63, 3.8) is 0 Å². The quantitative estimate of drug-likeness (QED) is 0.929. The van der Waals surface area contributed by atoms with Crippen LogP contribution in [-0.2, 0) is 6.18 Å². The molecule has 2 rings (SSSR count). The Labute approximate surface area is 121 Å². The molecule has 1 amide bonds. The van der Waals surface area contributed by atoms with Crippen LogP contribution in [0.15, 0.2) is 24.3 Å². The van der Waals surface area contributed by atoms with E-state index in [1.807, 2.05) is 0 Å². The summed E-state index contributed by atoms with van der Waals surface area (Å²) in [5.41, 5.74) is 5.09. The second kappa shape index (κ2) is 6.47. The smallest absolute Gasteiger partial charge is 0.334 e. The molecule has 2 N–H and O–H groups in total. The van der Waals surface area contributed by atoms with Gasteiger partial charge in [0.25, 0.3) is 5.91 Å². The first-order valence-electron chi connectivity index (χ1n) is 7.12. The van der Waals surface area contributed by atoms with E-state index in [1.165, 1.54) is 12.1 Å². The maximum Gasteiger partial charge on any atom is 0.416 e. The number of halogens is 3. The van der Waals surface area contributed by atoms with Gasteiger partial charge >= 0.3 is 6.18 Å². The van der Waals surface area contributed by atoms with Gasteiger partial charge in [0, 0.05) is 24.7 Å². The molecule has 0 radical (unpaired) electrons. The van der Waals surface area contributed by atoms with Crippen molar-refractivity contribution in [1.82, 2.24) is 4.90 Å². The second-order valence-electron chi connectivity index (χ2n) is 5.30. The van der Waals surface area contributed by atoms with Crippen LogP contribution in [0.3, 0.4) is 0 Å². The highest BCUT2D eigenvalue weighted by Crippen LogP contribution is 2.30. The van der Waals surface area contributed by atoms with Crippen molar-refractivity contribution >= 4 is 5.91 Å². The van der Waals surface area contributed by atoms with E-state index in [-0.39, 0.29) is 17.5 Å². The van der Waals surface area contributed by atoms with Crippen molar-refractivity contribution in [2.24, 2.45) is 5.73 Å². The molecule has 21 heavy (non-hydrogen) atoms. The summed E-state index contributed by atoms with van der Waals surface area (Å²) in [4.78, 5) is 14.2. The molecule has 1 saturated carbocycles. The van der Waals surface area contributed by atoms with Crippen molar-refractivity contribution in [2.75, 3.05) is 13.1 Å². The Kier molecular flexibility index (Phi) is 4.88. The van der Waals surface area contributed by atoms with Gasteiger partial charge in [-0.25, -0.2) is 0 Å². The molecule has 0 saturated heterocycles. The average Bonchev–Trinajstić information content (AvgIpc) is 2.97. The van der Waals surface area contributed by atoms with Crippen LogP contribution < -0.4 is 5.73 Å². The number of nitrogens with two attached hydrogens (primary N) is 1. The topological polar surface area (TPSA) is 46.3 Å². The highest BCUT2D eigenvalue weighted by atomic mass is 19.4. The van der Waals surface area contributed by atoms with Gasteiger partial charge in [0.1, 0.15) is 0 Å². The lowest BCUT2D eigenvalue weighted by atomic mass is 10.1. The lowest BCUT2D eigenvalue weighted by molar-refractivity contribution is -0.137. The van der Waals surface area contributed by atoms with Gasteiger partial charge in [-0.1, -0.05) is 12.8 Å². The summed E-state index contributed by atoms with van der Waals surface area (Å²) in [6, 6.07) is 4.53. The van der Waals surface area contributed by atoms with Gasteiger partial charge in [0.15, 0.2) is 0 Å². The zero-order valence-electron chi connectivity index (χ0n) is 11.7. The number of hydrogen-bond acceptors (Lipinski definition) is 2. The van der Waals surface area contributed by atoms with Crippen LogP contribution >= 0.6 is 0 Å². The summed E-state index contributed by atoms with van der Waals surface area (Å²) >= 11 is 0. The summed E-state index contributed by atoms with van der Waals surface area (Å²) in [5.74, 6) is -0.235. The fourth-order valence-corrected chi connectivity index (χ4v) is 2.77. The van der Waals surface area contributed by atoms with Gasteiger partial charge in [-0.05, 0) is 37.1 Å². The van der Waals surface area contributed by atoms with Gasteiger partial charge in [-0.2, -0.15) is 13.2 Å². The third-order valence-electron chi connectivity index (χ3n) is 3.86. The number of hydrogen-bond donors (Lipinski definition) is 1. The molecule has 6 heteroatoms. The fourth-order valence-electron chi connectivity index (χ4n) is 2.77. The highest BCUT2D eigenvalue weighted by Gasteiger charge is 2.31. The molecule has 0 aromatic heterocycles. The molecule has 0 aliphatic heterocycles. The van der Waals surface area contributed by atoms with Crippen molar-refractivity contribution in [3.05, 3.63) is 35.4 Å². The standard InChI is InChI=1S/C15H19F3N2O/c16-15(17,18)12-7-5-11(6-8-12)14(21)20(10-9-19)13-3-1-2-4-13/h5-8,13H,1-4,9-10,19H2. The summed E-state index contributed by atoms with van der Waals surface area (Å²) in [7, 11) is 0. The molecule has 1 fully saturated rings. The number of rotatable bonds is 4. The van der Waals surface area contributed by atoms with Crippen LogP contribution in [0.1, 0.15) is 41.6 Å². The van der Waals surface area contributed by atoms with Crippen LogP contribution in [0.25, 0.3) is 0 Å². The van der Waals surface area contributed by atoms with Gasteiger partial charge in [0.2, 0.25) is 0 Å². The normalized spacial score (nSPS) is 16.2. The fraction of sp³-hybridized carbons (Fsp3) is 0.533. The van der Waals surface area contributed by atoms with Crippen LogP contribution in [0.4, 0.5) is 13.2 Å². The summed E-state index contributed by atoms with van der Waals surface area (Å²) < 4.78 is 37.6. The molecule has 0 atom stereocenters. The molecule has 0 heterocycles. The Balaban J connectivity index is 2.16. The first kappa shape index (κ1) is 15.8. The Morgan fingerprint density at radius 3 is 2.24 bits per heavy atom. The minimum absolute atomic E-state index is 0.156. The molecule has 0 bridgehead atoms. The SMILES string of the molecule is NCCN(C(=O)c1ccc(C(F)(F)F)cc1)C1CCCC1. The maximum atomic E-state index is 12.5. The van der Waals surface area contributed by atoms with E-state index in [9.17, 15) is 18.0 Å². The maximum absolute atomic E-state index is 12.5. The molecule has 0 unspecified atom stereocenters. The van der Waals surface area contributed by atoms with Gasteiger partial charge in [-0.15, -0.1) is 0 Å². The molecule has 3 nitrogen and oxygen atoms in total. The molecule has 0 spiro atoms. The molecule has 1 aliphatic rings. The largest absolute Gasteiger partial charge is 0.416 e. The Bertz CT molecular complexity index is 479. The third kappa shape index (κ3) is 3.75. The predicted molar refractivity (Wildman–Crippen MR) is 73.8 cm³/mol. The summed E-state index contributed by atoms with van der Waals surface area (Å²) in [6.45, 7) is 0.785. The number of carbonyl (C=O) groups excluding carboxylic acids is 1. The Morgan fingerprint density at radius 2 is 1.76 bits per heavy atom. The van der Waals surface area contributed by atoms with E-state index in [0.717, 1.165) is 37.8 Å². The lowest BCUT2D eigenvalue weighted by Crippen LogP contribution is -2.42. The van der Waals surface area contributed by atoms with Crippen molar-refractivity contribution in [2.45, 2.75) is 37.9 Å². The van der Waals surface area contributed by atoms with Gasteiger partial charge in [-0.3, -0.25) is 4.79 Å². The highest BCUT2D eigenvalue weighted by molar-refractivity contribution is 5.94. The van der Waals surface area contributed by atoms with Crippen LogP contribution in [0, 0.1) is 0 Å². The van der Waals surface area contributed by atoms with Crippen LogP contribution in [0.2, 0.25) is 0 Å². The average molecular weight is 300 g/mol. The van der Waals surface area contributed by atoms with Gasteiger partial charge < -0.3 is 10.6 Å². The molecular formula is C15H19F3N2O. The molecule has 1 aromatic rings. The minimum atomic E-state index is -4.38. The number of carbonyl (C=O) groups is 1. The van der Waals surface area contributed by atoms with Crippen molar-refractivity contribution in [3.8, 4) is 0 Å². The van der Waals surface area contributed by atoms with E-state index in [1.54, 1.807) is 4.90 Å². The second-order valence-corrected chi connectivity index (χ2v) is 5.30. The number of alkyl halides is 3. The van der Waals surface area contributed by atoms with Crippen LogP contribution in [0.5, 0.6) is 0 Å². The third-order valence-corrected chi connectivity index (χ3v) is 3.86. The van der Waals surface area contributed by atoms with E-state index in [2.05, 4.69) is 0 Å². The van der Waals surface area contributed by atoms with Crippen molar-refractivity contribution < 1.29 is 18.0 Å². The minimum Gasteiger partial charge on any atom is -0.334 e. The molecule has 1 aromatic carbocycles. The molecular weight excluding hydrogens is 281 g/mol. The Hall–Kier alpha value is -1.56. The molecule has 116 valence electrons. The van der Waals surface area contributed by atoms with E-state index in [0.29, 0.717) is 13.1 Å². The Morgan fingerprint density at radius 1 is 1.19 bits per heavy atom. The van der Waals surface area contributed by atoms with Crippen molar-refractivity contribution in [1.29, 1.82) is 0 Å². The van der Waals surface area contributed by atoms with Crippen LogP contribution in [-0.4, -0.2) is 29.9 Å². The monoisotopic (exact) mass is 300 g/mol. The number of benzene rings is 1. The van der Waals surface area contributed by atoms with Gasteiger partial charge in [0.05, 0.1) is 5.56 Å². The zero-order chi connectivity index (χ0) is 15.5.